The lowest BCUT2D eigenvalue weighted by Crippen LogP contribution is -2.46. The van der Waals surface area contributed by atoms with Crippen molar-refractivity contribution in [2.45, 2.75) is 69.9 Å². The summed E-state index contributed by atoms with van der Waals surface area (Å²) in [4.78, 5) is 0. The first-order chi connectivity index (χ1) is 9.28. The van der Waals surface area contributed by atoms with Gasteiger partial charge in [0, 0.05) is 32.9 Å². The van der Waals surface area contributed by atoms with Crippen LogP contribution in [0.5, 0.6) is 0 Å². The summed E-state index contributed by atoms with van der Waals surface area (Å²) in [5.74, 6) is 0.927. The van der Waals surface area contributed by atoms with E-state index in [1.165, 1.54) is 44.9 Å². The second-order valence-electron chi connectivity index (χ2n) is 6.38. The van der Waals surface area contributed by atoms with Crippen LogP contribution in [0.15, 0.2) is 0 Å². The second-order valence-corrected chi connectivity index (χ2v) is 6.38. The first-order valence-corrected chi connectivity index (χ1v) is 8.14. The lowest BCUT2D eigenvalue weighted by Gasteiger charge is -2.40. The van der Waals surface area contributed by atoms with Gasteiger partial charge in [-0.2, -0.15) is 0 Å². The van der Waals surface area contributed by atoms with E-state index in [9.17, 15) is 0 Å². The van der Waals surface area contributed by atoms with Crippen LogP contribution in [0.1, 0.15) is 58.3 Å². The Morgan fingerprint density at radius 2 is 1.84 bits per heavy atom. The van der Waals surface area contributed by atoms with Crippen molar-refractivity contribution in [1.29, 1.82) is 0 Å². The molecule has 0 spiro atoms. The van der Waals surface area contributed by atoms with E-state index in [0.717, 1.165) is 38.1 Å². The van der Waals surface area contributed by atoms with Gasteiger partial charge in [-0.15, -0.1) is 0 Å². The van der Waals surface area contributed by atoms with Gasteiger partial charge < -0.3 is 14.8 Å². The van der Waals surface area contributed by atoms with Crippen LogP contribution in [0.25, 0.3) is 0 Å². The first kappa shape index (κ1) is 15.3. The maximum atomic E-state index is 6.30. The molecule has 0 amide bonds. The van der Waals surface area contributed by atoms with Gasteiger partial charge in [-0.3, -0.25) is 0 Å². The van der Waals surface area contributed by atoms with Gasteiger partial charge in [-0.25, -0.2) is 0 Å². The van der Waals surface area contributed by atoms with Gasteiger partial charge >= 0.3 is 0 Å². The number of methoxy groups -OCH3 is 1. The quantitative estimate of drug-likeness (QED) is 0.652. The molecule has 3 heteroatoms. The maximum absolute atomic E-state index is 6.30. The highest BCUT2D eigenvalue weighted by Crippen LogP contribution is 2.36. The van der Waals surface area contributed by atoms with Crippen LogP contribution in [0.2, 0.25) is 0 Å². The number of nitrogens with one attached hydrogen (secondary N) is 1. The first-order valence-electron chi connectivity index (χ1n) is 8.14. The highest BCUT2D eigenvalue weighted by atomic mass is 16.5. The van der Waals surface area contributed by atoms with Gasteiger partial charge in [-0.1, -0.05) is 13.3 Å². The number of ether oxygens (including phenoxy) is 2. The fourth-order valence-electron chi connectivity index (χ4n) is 3.09. The summed E-state index contributed by atoms with van der Waals surface area (Å²) in [5, 5.41) is 3.68. The predicted molar refractivity (Wildman–Crippen MR) is 78.4 cm³/mol. The standard InChI is InChI=1S/C16H31NO2/c1-3-14-7-9-16(10-8-14,13-17-15-5-6-15)19-12-4-11-18-2/h14-15,17H,3-13H2,1-2H3. The van der Waals surface area contributed by atoms with Crippen molar-refractivity contribution in [2.75, 3.05) is 26.9 Å². The molecule has 0 aromatic heterocycles. The van der Waals surface area contributed by atoms with Crippen LogP contribution in [0.3, 0.4) is 0 Å². The van der Waals surface area contributed by atoms with E-state index in [1.807, 2.05) is 0 Å². The molecule has 2 rings (SSSR count). The van der Waals surface area contributed by atoms with Crippen molar-refractivity contribution in [3.05, 3.63) is 0 Å². The van der Waals surface area contributed by atoms with Crippen LogP contribution < -0.4 is 5.32 Å². The molecule has 0 bridgehead atoms. The van der Waals surface area contributed by atoms with Crippen molar-refractivity contribution in [3.8, 4) is 0 Å². The highest BCUT2D eigenvalue weighted by molar-refractivity contribution is 4.92. The molecule has 0 saturated heterocycles. The summed E-state index contributed by atoms with van der Waals surface area (Å²) in [6.07, 6.45) is 10.2. The minimum absolute atomic E-state index is 0.113. The van der Waals surface area contributed by atoms with Crippen molar-refractivity contribution in [2.24, 2.45) is 5.92 Å². The van der Waals surface area contributed by atoms with Gasteiger partial charge in [0.15, 0.2) is 0 Å². The molecule has 2 fully saturated rings. The van der Waals surface area contributed by atoms with Crippen LogP contribution in [0, 0.1) is 5.92 Å². The molecule has 0 aromatic rings. The van der Waals surface area contributed by atoms with Crippen LogP contribution >= 0.6 is 0 Å². The summed E-state index contributed by atoms with van der Waals surface area (Å²) in [6, 6.07) is 0.781. The lowest BCUT2D eigenvalue weighted by molar-refractivity contribution is -0.0806. The van der Waals surface area contributed by atoms with E-state index < -0.39 is 0 Å². The van der Waals surface area contributed by atoms with Crippen molar-refractivity contribution < 1.29 is 9.47 Å². The molecule has 2 aliphatic carbocycles. The summed E-state index contributed by atoms with van der Waals surface area (Å²) in [5.41, 5.74) is 0.113. The largest absolute Gasteiger partial charge is 0.385 e. The van der Waals surface area contributed by atoms with E-state index in [2.05, 4.69) is 12.2 Å². The molecule has 112 valence electrons. The highest BCUT2D eigenvalue weighted by Gasteiger charge is 2.37. The molecule has 0 aromatic carbocycles. The lowest BCUT2D eigenvalue weighted by atomic mass is 9.77. The number of hydrogen-bond acceptors (Lipinski definition) is 3. The van der Waals surface area contributed by atoms with Crippen LogP contribution in [0.4, 0.5) is 0 Å². The Bertz CT molecular complexity index is 245. The molecule has 19 heavy (non-hydrogen) atoms. The molecule has 0 aliphatic heterocycles. The maximum Gasteiger partial charge on any atom is 0.0806 e. The SMILES string of the molecule is CCC1CCC(CNC2CC2)(OCCCOC)CC1. The molecular weight excluding hydrogens is 238 g/mol. The summed E-state index contributed by atoms with van der Waals surface area (Å²) >= 11 is 0. The zero-order valence-electron chi connectivity index (χ0n) is 12.7. The Hall–Kier alpha value is -0.120. The predicted octanol–water partition coefficient (Wildman–Crippen LogP) is 3.13. The smallest absolute Gasteiger partial charge is 0.0806 e. The third-order valence-electron chi connectivity index (χ3n) is 4.79. The average molecular weight is 269 g/mol. The third kappa shape index (κ3) is 5.05. The second kappa shape index (κ2) is 7.61. The molecule has 3 nitrogen and oxygen atoms in total. The number of hydrogen-bond donors (Lipinski definition) is 1. The Labute approximate surface area is 118 Å². The van der Waals surface area contributed by atoms with Crippen molar-refractivity contribution in [3.63, 3.8) is 0 Å². The molecule has 0 radical (unpaired) electrons. The van der Waals surface area contributed by atoms with Crippen LogP contribution in [-0.2, 0) is 9.47 Å². The third-order valence-corrected chi connectivity index (χ3v) is 4.79. The normalized spacial score (nSPS) is 31.6. The Morgan fingerprint density at radius 3 is 2.42 bits per heavy atom. The molecule has 1 N–H and O–H groups in total. The molecule has 2 saturated carbocycles. The van der Waals surface area contributed by atoms with E-state index >= 15 is 0 Å². The summed E-state index contributed by atoms with van der Waals surface area (Å²) < 4.78 is 11.4. The molecule has 0 atom stereocenters. The Balaban J connectivity index is 1.77. The fraction of sp³-hybridized carbons (Fsp3) is 1.00. The summed E-state index contributed by atoms with van der Waals surface area (Å²) in [6.45, 7) is 5.03. The van der Waals surface area contributed by atoms with Crippen molar-refractivity contribution >= 4 is 0 Å². The zero-order valence-corrected chi connectivity index (χ0v) is 12.7. The minimum Gasteiger partial charge on any atom is -0.385 e. The topological polar surface area (TPSA) is 30.5 Å². The van der Waals surface area contributed by atoms with Crippen LogP contribution in [-0.4, -0.2) is 38.5 Å². The minimum atomic E-state index is 0.113. The van der Waals surface area contributed by atoms with E-state index in [1.54, 1.807) is 7.11 Å². The molecular formula is C16H31NO2. The van der Waals surface area contributed by atoms with E-state index in [-0.39, 0.29) is 5.60 Å². The molecule has 0 unspecified atom stereocenters. The van der Waals surface area contributed by atoms with Gasteiger partial charge in [0.05, 0.1) is 5.60 Å². The fourth-order valence-corrected chi connectivity index (χ4v) is 3.09. The molecule has 2 aliphatic rings. The van der Waals surface area contributed by atoms with Gasteiger partial charge in [-0.05, 0) is 50.9 Å². The Morgan fingerprint density at radius 1 is 1.11 bits per heavy atom. The number of rotatable bonds is 9. The molecule has 0 heterocycles. The van der Waals surface area contributed by atoms with Gasteiger partial charge in [0.2, 0.25) is 0 Å². The summed E-state index contributed by atoms with van der Waals surface area (Å²) in [7, 11) is 1.76. The van der Waals surface area contributed by atoms with Gasteiger partial charge in [0.1, 0.15) is 0 Å². The van der Waals surface area contributed by atoms with Crippen molar-refractivity contribution in [1.82, 2.24) is 5.32 Å². The van der Waals surface area contributed by atoms with E-state index in [4.69, 9.17) is 9.47 Å². The average Bonchev–Trinajstić information content (AvgIpc) is 3.27. The van der Waals surface area contributed by atoms with E-state index in [0.29, 0.717) is 0 Å². The zero-order chi connectivity index (χ0) is 13.6. The van der Waals surface area contributed by atoms with Gasteiger partial charge in [0.25, 0.3) is 0 Å². The Kier molecular flexibility index (Phi) is 6.11. The monoisotopic (exact) mass is 269 g/mol.